The topological polar surface area (TPSA) is 101 Å². The second-order valence-corrected chi connectivity index (χ2v) is 7.66. The average Bonchev–Trinajstić information content (AvgIpc) is 3.22. The number of carboxylic acids is 1. The van der Waals surface area contributed by atoms with Crippen molar-refractivity contribution in [2.75, 3.05) is 31.2 Å². The molecule has 2 N–H and O–H groups in total. The predicted molar refractivity (Wildman–Crippen MR) is 121 cm³/mol. The van der Waals surface area contributed by atoms with E-state index >= 15 is 0 Å². The molecule has 2 aromatic carbocycles. The summed E-state index contributed by atoms with van der Waals surface area (Å²) in [4.78, 5) is 25.8. The number of aromatic amines is 1. The zero-order valence-corrected chi connectivity index (χ0v) is 17.5. The number of aryl methyl sites for hydroxylation is 1. The van der Waals surface area contributed by atoms with Crippen molar-refractivity contribution in [1.82, 2.24) is 15.0 Å². The van der Waals surface area contributed by atoms with Crippen molar-refractivity contribution in [2.24, 2.45) is 0 Å². The van der Waals surface area contributed by atoms with E-state index in [1.54, 1.807) is 25.3 Å². The lowest BCUT2D eigenvalue weighted by atomic mass is 10.1. The molecule has 0 amide bonds. The number of aromatic carboxylic acids is 1. The molecule has 0 radical (unpaired) electrons. The van der Waals surface area contributed by atoms with Crippen LogP contribution in [0.5, 0.6) is 11.8 Å². The number of carboxylic acid groups (broad SMARTS) is 1. The maximum Gasteiger partial charge on any atom is 0.336 e. The van der Waals surface area contributed by atoms with Crippen LogP contribution in [-0.4, -0.2) is 52.3 Å². The van der Waals surface area contributed by atoms with Gasteiger partial charge >= 0.3 is 5.97 Å². The van der Waals surface area contributed by atoms with Gasteiger partial charge in [-0.1, -0.05) is 18.2 Å². The minimum atomic E-state index is -0.994. The van der Waals surface area contributed by atoms with Gasteiger partial charge in [0, 0.05) is 24.3 Å². The van der Waals surface area contributed by atoms with Crippen molar-refractivity contribution in [3.8, 4) is 23.0 Å². The van der Waals surface area contributed by atoms with Crippen LogP contribution in [0.25, 0.3) is 22.3 Å². The number of carbonyl (C=O) groups is 1. The highest BCUT2D eigenvalue weighted by atomic mass is 16.5. The number of fused-ring (bicyclic) bond motifs is 1. The average molecular weight is 430 g/mol. The largest absolute Gasteiger partial charge is 0.478 e. The molecule has 8 heteroatoms. The van der Waals surface area contributed by atoms with Crippen LogP contribution in [0.3, 0.4) is 0 Å². The number of ether oxygens (including phenoxy) is 2. The summed E-state index contributed by atoms with van der Waals surface area (Å²) in [6, 6.07) is 15.4. The van der Waals surface area contributed by atoms with E-state index in [2.05, 4.69) is 44.1 Å². The number of benzene rings is 2. The molecule has 8 nitrogen and oxygen atoms in total. The highest BCUT2D eigenvalue weighted by Crippen LogP contribution is 2.27. The van der Waals surface area contributed by atoms with Crippen molar-refractivity contribution in [2.45, 2.75) is 6.92 Å². The maximum atomic E-state index is 11.4. The third-order valence-electron chi connectivity index (χ3n) is 5.54. The molecule has 0 atom stereocenters. The molecule has 32 heavy (non-hydrogen) atoms. The normalized spacial score (nSPS) is 14.0. The Hall–Kier alpha value is -3.91. The van der Waals surface area contributed by atoms with Crippen molar-refractivity contribution < 1.29 is 19.4 Å². The number of nitrogens with one attached hydrogen (secondary N) is 1. The first kappa shape index (κ1) is 20.0. The van der Waals surface area contributed by atoms with Crippen LogP contribution in [0.4, 0.5) is 5.69 Å². The summed E-state index contributed by atoms with van der Waals surface area (Å²) >= 11 is 0. The second kappa shape index (κ2) is 8.32. The molecule has 0 unspecified atom stereocenters. The monoisotopic (exact) mass is 430 g/mol. The minimum Gasteiger partial charge on any atom is -0.478 e. The van der Waals surface area contributed by atoms with E-state index in [-0.39, 0.29) is 11.6 Å². The zero-order chi connectivity index (χ0) is 22.1. The number of H-pyrrole nitrogens is 1. The lowest BCUT2D eigenvalue weighted by molar-refractivity contribution is 0.0695. The lowest BCUT2D eigenvalue weighted by Crippen LogP contribution is -2.36. The zero-order valence-electron chi connectivity index (χ0n) is 17.5. The van der Waals surface area contributed by atoms with E-state index in [1.165, 1.54) is 11.8 Å². The lowest BCUT2D eigenvalue weighted by Gasteiger charge is -2.28. The first-order chi connectivity index (χ1) is 15.6. The van der Waals surface area contributed by atoms with Crippen molar-refractivity contribution in [3.63, 3.8) is 0 Å². The summed E-state index contributed by atoms with van der Waals surface area (Å²) in [6.07, 6.45) is 1.72. The van der Waals surface area contributed by atoms with Gasteiger partial charge < -0.3 is 24.5 Å². The van der Waals surface area contributed by atoms with Gasteiger partial charge in [-0.2, -0.15) is 4.98 Å². The van der Waals surface area contributed by atoms with Gasteiger partial charge in [0.2, 0.25) is 0 Å². The molecule has 2 aromatic heterocycles. The van der Waals surface area contributed by atoms with Gasteiger partial charge in [-0.3, -0.25) is 4.98 Å². The van der Waals surface area contributed by atoms with Gasteiger partial charge in [-0.15, -0.1) is 0 Å². The van der Waals surface area contributed by atoms with Crippen molar-refractivity contribution >= 4 is 22.7 Å². The summed E-state index contributed by atoms with van der Waals surface area (Å²) < 4.78 is 11.2. The Balaban J connectivity index is 1.37. The van der Waals surface area contributed by atoms with Crippen LogP contribution in [0.15, 0.2) is 54.7 Å². The Labute approximate surface area is 184 Å². The Morgan fingerprint density at radius 1 is 1.12 bits per heavy atom. The van der Waals surface area contributed by atoms with Crippen LogP contribution in [0.2, 0.25) is 0 Å². The standard InChI is InChI=1S/C24H22N4O4/c1-15-2-7-18(12-19(15)23(29)30)32-24-26-21-13-20(25-14-22(21)27-24)16-3-5-17(6-4-16)28-8-10-31-11-9-28/h2-7,12-14H,8-11H2,1H3,(H,26,27)(H,29,30). The van der Waals surface area contributed by atoms with Gasteiger partial charge in [0.1, 0.15) is 5.75 Å². The predicted octanol–water partition coefficient (Wildman–Crippen LogP) is 4.26. The summed E-state index contributed by atoms with van der Waals surface area (Å²) in [5.41, 5.74) is 5.30. The first-order valence-corrected chi connectivity index (χ1v) is 10.4. The van der Waals surface area contributed by atoms with Crippen molar-refractivity contribution in [1.29, 1.82) is 0 Å². The third-order valence-corrected chi connectivity index (χ3v) is 5.54. The fourth-order valence-corrected chi connectivity index (χ4v) is 3.76. The third kappa shape index (κ3) is 4.00. The molecule has 1 saturated heterocycles. The Morgan fingerprint density at radius 2 is 1.91 bits per heavy atom. The molecule has 1 fully saturated rings. The number of hydrogen-bond acceptors (Lipinski definition) is 6. The molecule has 5 rings (SSSR count). The maximum absolute atomic E-state index is 11.4. The van der Waals surface area contributed by atoms with E-state index in [9.17, 15) is 9.90 Å². The van der Waals surface area contributed by atoms with Crippen LogP contribution in [-0.2, 0) is 4.74 Å². The molecular formula is C24H22N4O4. The number of hydrogen-bond donors (Lipinski definition) is 2. The SMILES string of the molecule is Cc1ccc(Oc2nc3cc(-c4ccc(N5CCOCC5)cc4)ncc3[nH]2)cc1C(=O)O. The number of nitrogens with zero attached hydrogens (tertiary/aromatic N) is 3. The van der Waals surface area contributed by atoms with Crippen molar-refractivity contribution in [3.05, 3.63) is 65.9 Å². The summed E-state index contributed by atoms with van der Waals surface area (Å²) in [7, 11) is 0. The Morgan fingerprint density at radius 3 is 2.66 bits per heavy atom. The van der Waals surface area contributed by atoms with Crippen LogP contribution >= 0.6 is 0 Å². The summed E-state index contributed by atoms with van der Waals surface area (Å²) in [5, 5.41) is 9.31. The minimum absolute atomic E-state index is 0.197. The van der Waals surface area contributed by atoms with Crippen LogP contribution < -0.4 is 9.64 Å². The molecule has 4 aromatic rings. The molecule has 0 spiro atoms. The number of imidazole rings is 1. The summed E-state index contributed by atoms with van der Waals surface area (Å²) in [5.74, 6) is -0.593. The van der Waals surface area contributed by atoms with Gasteiger partial charge in [0.15, 0.2) is 0 Å². The number of aromatic nitrogens is 3. The van der Waals surface area contributed by atoms with E-state index in [4.69, 9.17) is 9.47 Å². The molecule has 0 aliphatic carbocycles. The fourth-order valence-electron chi connectivity index (χ4n) is 3.76. The number of anilines is 1. The van der Waals surface area contributed by atoms with Gasteiger partial charge in [-0.25, -0.2) is 4.79 Å². The van der Waals surface area contributed by atoms with Crippen LogP contribution in [0.1, 0.15) is 15.9 Å². The van der Waals surface area contributed by atoms with Gasteiger partial charge in [0.25, 0.3) is 6.01 Å². The van der Waals surface area contributed by atoms with E-state index < -0.39 is 5.97 Å². The number of morpholine rings is 1. The highest BCUT2D eigenvalue weighted by molar-refractivity contribution is 5.89. The molecule has 0 bridgehead atoms. The second-order valence-electron chi connectivity index (χ2n) is 7.66. The molecule has 1 aliphatic rings. The van der Waals surface area contributed by atoms with Gasteiger partial charge in [0.05, 0.1) is 41.7 Å². The van der Waals surface area contributed by atoms with E-state index in [0.717, 1.165) is 43.1 Å². The molecule has 3 heterocycles. The molecule has 162 valence electrons. The molecule has 1 aliphatic heterocycles. The van der Waals surface area contributed by atoms with E-state index in [0.29, 0.717) is 16.8 Å². The van der Waals surface area contributed by atoms with Crippen LogP contribution in [0, 0.1) is 6.92 Å². The molecular weight excluding hydrogens is 408 g/mol. The molecule has 0 saturated carbocycles. The van der Waals surface area contributed by atoms with Gasteiger partial charge in [-0.05, 0) is 42.8 Å². The number of pyridine rings is 1. The summed E-state index contributed by atoms with van der Waals surface area (Å²) in [6.45, 7) is 5.05. The smallest absolute Gasteiger partial charge is 0.336 e. The Kier molecular flexibility index (Phi) is 5.20. The Bertz CT molecular complexity index is 1280. The highest BCUT2D eigenvalue weighted by Gasteiger charge is 2.13. The fraction of sp³-hybridized carbons (Fsp3) is 0.208. The number of rotatable bonds is 5. The van der Waals surface area contributed by atoms with E-state index in [1.807, 2.05) is 6.07 Å². The first-order valence-electron chi connectivity index (χ1n) is 10.4. The quantitative estimate of drug-likeness (QED) is 0.488.